The number of rotatable bonds is 5. The fourth-order valence-corrected chi connectivity index (χ4v) is 1.79. The largest absolute Gasteiger partial charge is 0.409 e. The molecule has 2 aromatic rings. The van der Waals surface area contributed by atoms with Gasteiger partial charge in [0.05, 0.1) is 0 Å². The van der Waals surface area contributed by atoms with Crippen molar-refractivity contribution in [3.63, 3.8) is 0 Å². The number of aromatic nitrogens is 2. The highest BCUT2D eigenvalue weighted by Gasteiger charge is 2.06. The summed E-state index contributed by atoms with van der Waals surface area (Å²) in [5.74, 6) is 0.789. The van der Waals surface area contributed by atoms with Crippen LogP contribution in [0.3, 0.4) is 0 Å². The zero-order valence-corrected chi connectivity index (χ0v) is 11.3. The van der Waals surface area contributed by atoms with Crippen LogP contribution in [-0.4, -0.2) is 34.6 Å². The Bertz CT molecular complexity index is 585. The van der Waals surface area contributed by atoms with Crippen molar-refractivity contribution in [3.8, 4) is 0 Å². The van der Waals surface area contributed by atoms with Gasteiger partial charge in [-0.25, -0.2) is 4.98 Å². The van der Waals surface area contributed by atoms with Crippen LogP contribution in [0.15, 0.2) is 47.9 Å². The zero-order valence-electron chi connectivity index (χ0n) is 11.3. The fraction of sp³-hybridized carbons (Fsp3) is 0.214. The van der Waals surface area contributed by atoms with E-state index in [1.165, 1.54) is 5.56 Å². The number of amidine groups is 1. The smallest absolute Gasteiger partial charge is 0.188 e. The van der Waals surface area contributed by atoms with Crippen molar-refractivity contribution in [3.05, 3.63) is 54.0 Å². The monoisotopic (exact) mass is 271 g/mol. The zero-order chi connectivity index (χ0) is 14.4. The third kappa shape index (κ3) is 3.44. The molecule has 2 aromatic heterocycles. The summed E-state index contributed by atoms with van der Waals surface area (Å²) in [7, 11) is 1.96. The van der Waals surface area contributed by atoms with Crippen LogP contribution < -0.4 is 10.6 Å². The third-order valence-corrected chi connectivity index (χ3v) is 2.98. The molecule has 0 amide bonds. The Morgan fingerprint density at radius 3 is 2.75 bits per heavy atom. The van der Waals surface area contributed by atoms with Crippen molar-refractivity contribution >= 4 is 11.7 Å². The maximum Gasteiger partial charge on any atom is 0.188 e. The average Bonchev–Trinajstić information content (AvgIpc) is 2.53. The second-order valence-corrected chi connectivity index (χ2v) is 4.39. The van der Waals surface area contributed by atoms with Gasteiger partial charge in [-0.05, 0) is 36.2 Å². The number of hydrogen-bond acceptors (Lipinski definition) is 5. The minimum atomic E-state index is 0.00869. The van der Waals surface area contributed by atoms with Crippen molar-refractivity contribution in [1.82, 2.24) is 9.97 Å². The summed E-state index contributed by atoms with van der Waals surface area (Å²) in [4.78, 5) is 10.4. The first-order valence-corrected chi connectivity index (χ1v) is 6.25. The van der Waals surface area contributed by atoms with Gasteiger partial charge in [-0.15, -0.1) is 0 Å². The third-order valence-electron chi connectivity index (χ3n) is 2.98. The number of nitrogens with zero attached hydrogens (tertiary/aromatic N) is 4. The molecule has 0 aromatic carbocycles. The summed E-state index contributed by atoms with van der Waals surface area (Å²) in [6, 6.07) is 9.41. The molecular formula is C14H17N5O. The molecule has 20 heavy (non-hydrogen) atoms. The molecule has 0 bridgehead atoms. The standard InChI is InChI=1S/C14H17N5O/c1-19(10-7-11-5-8-16-9-6-11)13-4-2-3-12(17-13)14(15)18-20/h2-6,8-9,20H,7,10H2,1H3,(H2,15,18). The SMILES string of the molecule is CN(CCc1ccncc1)c1cccc(C(N)=NO)n1. The van der Waals surface area contributed by atoms with Gasteiger partial charge in [0.15, 0.2) is 5.84 Å². The van der Waals surface area contributed by atoms with Crippen molar-refractivity contribution in [2.75, 3.05) is 18.5 Å². The van der Waals surface area contributed by atoms with Crippen molar-refractivity contribution < 1.29 is 5.21 Å². The number of nitrogens with two attached hydrogens (primary N) is 1. The van der Waals surface area contributed by atoms with Gasteiger partial charge < -0.3 is 15.8 Å². The number of oxime groups is 1. The van der Waals surface area contributed by atoms with Gasteiger partial charge >= 0.3 is 0 Å². The first-order valence-electron chi connectivity index (χ1n) is 6.25. The molecule has 0 saturated carbocycles. The molecule has 0 spiro atoms. The first-order chi connectivity index (χ1) is 9.70. The van der Waals surface area contributed by atoms with E-state index in [0.717, 1.165) is 18.8 Å². The topological polar surface area (TPSA) is 87.6 Å². The predicted molar refractivity (Wildman–Crippen MR) is 78.0 cm³/mol. The predicted octanol–water partition coefficient (Wildman–Crippen LogP) is 1.25. The van der Waals surface area contributed by atoms with Crippen molar-refractivity contribution in [2.24, 2.45) is 10.9 Å². The lowest BCUT2D eigenvalue weighted by Crippen LogP contribution is -2.23. The molecule has 0 fully saturated rings. The molecule has 0 aliphatic rings. The number of pyridine rings is 2. The molecule has 0 saturated heterocycles. The molecular weight excluding hydrogens is 254 g/mol. The lowest BCUT2D eigenvalue weighted by atomic mass is 10.2. The quantitative estimate of drug-likeness (QED) is 0.370. The van der Waals surface area contributed by atoms with Gasteiger partial charge in [-0.1, -0.05) is 11.2 Å². The molecule has 6 nitrogen and oxygen atoms in total. The highest BCUT2D eigenvalue weighted by Crippen LogP contribution is 2.10. The van der Waals surface area contributed by atoms with Gasteiger partial charge in [0, 0.05) is 26.0 Å². The van der Waals surface area contributed by atoms with Gasteiger partial charge in [-0.3, -0.25) is 4.98 Å². The van der Waals surface area contributed by atoms with Crippen LogP contribution in [0.4, 0.5) is 5.82 Å². The first kappa shape index (κ1) is 13.8. The summed E-state index contributed by atoms with van der Waals surface area (Å²) >= 11 is 0. The van der Waals surface area contributed by atoms with Crippen LogP contribution in [0.25, 0.3) is 0 Å². The van der Waals surface area contributed by atoms with E-state index < -0.39 is 0 Å². The summed E-state index contributed by atoms with van der Waals surface area (Å²) in [5, 5.41) is 11.6. The van der Waals surface area contributed by atoms with E-state index in [4.69, 9.17) is 10.9 Å². The normalized spacial score (nSPS) is 11.3. The summed E-state index contributed by atoms with van der Waals surface area (Å²) in [6.07, 6.45) is 4.47. The molecule has 0 radical (unpaired) electrons. The molecule has 0 aliphatic heterocycles. The second-order valence-electron chi connectivity index (χ2n) is 4.39. The van der Waals surface area contributed by atoms with E-state index in [-0.39, 0.29) is 5.84 Å². The highest BCUT2D eigenvalue weighted by molar-refractivity contribution is 5.95. The molecule has 3 N–H and O–H groups in total. The van der Waals surface area contributed by atoms with Crippen LogP contribution in [0.2, 0.25) is 0 Å². The molecule has 104 valence electrons. The molecule has 2 heterocycles. The van der Waals surface area contributed by atoms with Crippen LogP contribution in [0.1, 0.15) is 11.3 Å². The molecule has 2 rings (SSSR count). The van der Waals surface area contributed by atoms with Crippen LogP contribution >= 0.6 is 0 Å². The molecule has 0 unspecified atom stereocenters. The average molecular weight is 271 g/mol. The van der Waals surface area contributed by atoms with Gasteiger partial charge in [0.1, 0.15) is 11.5 Å². The van der Waals surface area contributed by atoms with Crippen LogP contribution in [-0.2, 0) is 6.42 Å². The highest BCUT2D eigenvalue weighted by atomic mass is 16.4. The van der Waals surface area contributed by atoms with E-state index >= 15 is 0 Å². The Morgan fingerprint density at radius 1 is 1.30 bits per heavy atom. The van der Waals surface area contributed by atoms with Gasteiger partial charge in [-0.2, -0.15) is 0 Å². The van der Waals surface area contributed by atoms with Crippen LogP contribution in [0.5, 0.6) is 0 Å². The van der Waals surface area contributed by atoms with Gasteiger partial charge in [0.2, 0.25) is 0 Å². The van der Waals surface area contributed by atoms with Crippen molar-refractivity contribution in [1.29, 1.82) is 0 Å². The fourth-order valence-electron chi connectivity index (χ4n) is 1.79. The number of likely N-dealkylation sites (N-methyl/N-ethyl adjacent to an activating group) is 1. The van der Waals surface area contributed by atoms with E-state index in [0.29, 0.717) is 5.69 Å². The minimum Gasteiger partial charge on any atom is -0.409 e. The molecule has 0 aliphatic carbocycles. The lowest BCUT2D eigenvalue weighted by molar-refractivity contribution is 0.318. The Balaban J connectivity index is 2.04. The lowest BCUT2D eigenvalue weighted by Gasteiger charge is -2.18. The van der Waals surface area contributed by atoms with E-state index in [1.807, 2.05) is 36.2 Å². The van der Waals surface area contributed by atoms with Crippen LogP contribution in [0, 0.1) is 0 Å². The Labute approximate surface area is 117 Å². The summed E-state index contributed by atoms with van der Waals surface area (Å²) < 4.78 is 0. The minimum absolute atomic E-state index is 0.00869. The Kier molecular flexibility index (Phi) is 4.49. The van der Waals surface area contributed by atoms with E-state index in [9.17, 15) is 0 Å². The van der Waals surface area contributed by atoms with E-state index in [1.54, 1.807) is 18.5 Å². The molecule has 6 heteroatoms. The van der Waals surface area contributed by atoms with Gasteiger partial charge in [0.25, 0.3) is 0 Å². The molecule has 0 atom stereocenters. The maximum absolute atomic E-state index is 8.67. The number of anilines is 1. The second kappa shape index (κ2) is 6.51. The Morgan fingerprint density at radius 2 is 2.05 bits per heavy atom. The maximum atomic E-state index is 8.67. The van der Waals surface area contributed by atoms with E-state index in [2.05, 4.69) is 15.1 Å². The number of hydrogen-bond donors (Lipinski definition) is 2. The Hall–Kier alpha value is -2.63. The summed E-state index contributed by atoms with van der Waals surface area (Å²) in [6.45, 7) is 0.816. The summed E-state index contributed by atoms with van der Waals surface area (Å²) in [5.41, 5.74) is 7.22. The van der Waals surface area contributed by atoms with Crippen molar-refractivity contribution in [2.45, 2.75) is 6.42 Å².